The van der Waals surface area contributed by atoms with Crippen molar-refractivity contribution in [2.75, 3.05) is 36.4 Å². The van der Waals surface area contributed by atoms with Gasteiger partial charge < -0.3 is 15.1 Å². The van der Waals surface area contributed by atoms with Crippen LogP contribution in [0.25, 0.3) is 0 Å². The standard InChI is InChI=1S/C21H25N3O2/c1-15-5-4-6-20(16(15)2)22-21(26)24-13-11-23(12-14-24)19-9-7-18(8-10-19)17(3)25/h4-10H,11-14H2,1-3H3,(H,22,26). The van der Waals surface area contributed by atoms with E-state index in [2.05, 4.69) is 10.2 Å². The van der Waals surface area contributed by atoms with Gasteiger partial charge in [-0.1, -0.05) is 12.1 Å². The molecule has 1 saturated heterocycles. The maximum absolute atomic E-state index is 12.6. The molecule has 0 radical (unpaired) electrons. The monoisotopic (exact) mass is 351 g/mol. The molecule has 136 valence electrons. The Morgan fingerprint density at radius 2 is 1.58 bits per heavy atom. The lowest BCUT2D eigenvalue weighted by molar-refractivity contribution is 0.101. The molecule has 1 aliphatic rings. The molecule has 0 atom stereocenters. The molecule has 0 aliphatic carbocycles. The number of carbonyl (C=O) groups excluding carboxylic acids is 2. The van der Waals surface area contributed by atoms with E-state index in [1.165, 1.54) is 5.56 Å². The van der Waals surface area contributed by atoms with Gasteiger partial charge in [0, 0.05) is 43.1 Å². The van der Waals surface area contributed by atoms with Gasteiger partial charge in [0.25, 0.3) is 0 Å². The molecule has 0 unspecified atom stereocenters. The van der Waals surface area contributed by atoms with Crippen LogP contribution in [-0.2, 0) is 0 Å². The van der Waals surface area contributed by atoms with Crippen molar-refractivity contribution < 1.29 is 9.59 Å². The number of carbonyl (C=O) groups is 2. The van der Waals surface area contributed by atoms with Gasteiger partial charge in [-0.15, -0.1) is 0 Å². The molecule has 26 heavy (non-hydrogen) atoms. The lowest BCUT2D eigenvalue weighted by Gasteiger charge is -2.36. The first-order valence-electron chi connectivity index (χ1n) is 8.94. The molecule has 2 amide bonds. The summed E-state index contributed by atoms with van der Waals surface area (Å²) < 4.78 is 0. The highest BCUT2D eigenvalue weighted by Crippen LogP contribution is 2.20. The normalized spacial score (nSPS) is 14.3. The minimum absolute atomic E-state index is 0.0507. The number of rotatable bonds is 3. The minimum Gasteiger partial charge on any atom is -0.368 e. The summed E-state index contributed by atoms with van der Waals surface area (Å²) in [5.74, 6) is 0.0736. The Morgan fingerprint density at radius 3 is 2.19 bits per heavy atom. The third-order valence-electron chi connectivity index (χ3n) is 5.05. The number of aryl methyl sites for hydroxylation is 1. The highest BCUT2D eigenvalue weighted by Gasteiger charge is 2.21. The van der Waals surface area contributed by atoms with Gasteiger partial charge in [-0.25, -0.2) is 4.79 Å². The molecule has 0 aromatic heterocycles. The maximum atomic E-state index is 12.6. The molecule has 2 aromatic carbocycles. The Balaban J connectivity index is 1.58. The van der Waals surface area contributed by atoms with E-state index in [0.717, 1.165) is 35.6 Å². The molecule has 3 rings (SSSR count). The second kappa shape index (κ2) is 7.60. The maximum Gasteiger partial charge on any atom is 0.321 e. The number of Topliss-reactive ketones (excluding diaryl/α,β-unsaturated/α-hetero) is 1. The fourth-order valence-electron chi connectivity index (χ4n) is 3.16. The number of amides is 2. The molecule has 5 nitrogen and oxygen atoms in total. The largest absolute Gasteiger partial charge is 0.368 e. The Hall–Kier alpha value is -2.82. The molecule has 5 heteroatoms. The number of ketones is 1. The first-order chi connectivity index (χ1) is 12.5. The number of benzene rings is 2. The number of hydrogen-bond donors (Lipinski definition) is 1. The molecule has 1 N–H and O–H groups in total. The first kappa shape index (κ1) is 18.0. The third kappa shape index (κ3) is 3.87. The van der Waals surface area contributed by atoms with Crippen LogP contribution in [0.15, 0.2) is 42.5 Å². The van der Waals surface area contributed by atoms with E-state index in [1.54, 1.807) is 6.92 Å². The predicted octanol–water partition coefficient (Wildman–Crippen LogP) is 3.86. The predicted molar refractivity (Wildman–Crippen MR) is 105 cm³/mol. The molecule has 0 bridgehead atoms. The van der Waals surface area contributed by atoms with Crippen LogP contribution in [0.5, 0.6) is 0 Å². The lowest BCUT2D eigenvalue weighted by Crippen LogP contribution is -2.50. The van der Waals surface area contributed by atoms with Gasteiger partial charge in [-0.05, 0) is 62.2 Å². The molecule has 1 aliphatic heterocycles. The van der Waals surface area contributed by atoms with E-state index in [4.69, 9.17) is 0 Å². The molecule has 2 aromatic rings. The highest BCUT2D eigenvalue weighted by atomic mass is 16.2. The second-order valence-corrected chi connectivity index (χ2v) is 6.75. The van der Waals surface area contributed by atoms with Crippen molar-refractivity contribution in [3.05, 3.63) is 59.2 Å². The summed E-state index contributed by atoms with van der Waals surface area (Å²) in [5, 5.41) is 3.03. The van der Waals surface area contributed by atoms with Crippen LogP contribution >= 0.6 is 0 Å². The van der Waals surface area contributed by atoms with Crippen molar-refractivity contribution in [2.24, 2.45) is 0 Å². The van der Waals surface area contributed by atoms with Crippen molar-refractivity contribution in [2.45, 2.75) is 20.8 Å². The Kier molecular flexibility index (Phi) is 5.26. The number of anilines is 2. The van der Waals surface area contributed by atoms with Crippen LogP contribution in [0, 0.1) is 13.8 Å². The second-order valence-electron chi connectivity index (χ2n) is 6.75. The third-order valence-corrected chi connectivity index (χ3v) is 5.05. The summed E-state index contributed by atoms with van der Waals surface area (Å²) in [5.41, 5.74) is 4.95. The summed E-state index contributed by atoms with van der Waals surface area (Å²) >= 11 is 0. The number of nitrogens with one attached hydrogen (secondary N) is 1. The number of hydrogen-bond acceptors (Lipinski definition) is 3. The zero-order chi connectivity index (χ0) is 18.7. The van der Waals surface area contributed by atoms with Gasteiger partial charge in [0.05, 0.1) is 0 Å². The summed E-state index contributed by atoms with van der Waals surface area (Å²) in [7, 11) is 0. The summed E-state index contributed by atoms with van der Waals surface area (Å²) in [6, 6.07) is 13.6. The van der Waals surface area contributed by atoms with Crippen LogP contribution in [0.3, 0.4) is 0 Å². The molecule has 1 heterocycles. The van der Waals surface area contributed by atoms with E-state index in [9.17, 15) is 9.59 Å². The average Bonchev–Trinajstić information content (AvgIpc) is 2.65. The summed E-state index contributed by atoms with van der Waals surface area (Å²) in [4.78, 5) is 28.0. The van der Waals surface area contributed by atoms with Crippen molar-refractivity contribution in [1.29, 1.82) is 0 Å². The fourth-order valence-corrected chi connectivity index (χ4v) is 3.16. The minimum atomic E-state index is -0.0507. The zero-order valence-electron chi connectivity index (χ0n) is 15.6. The number of urea groups is 1. The van der Waals surface area contributed by atoms with Gasteiger partial charge >= 0.3 is 6.03 Å². The summed E-state index contributed by atoms with van der Waals surface area (Å²) in [6.45, 7) is 8.53. The van der Waals surface area contributed by atoms with Gasteiger partial charge in [0.15, 0.2) is 5.78 Å². The van der Waals surface area contributed by atoms with E-state index < -0.39 is 0 Å². The van der Waals surface area contributed by atoms with E-state index in [-0.39, 0.29) is 11.8 Å². The smallest absolute Gasteiger partial charge is 0.321 e. The zero-order valence-corrected chi connectivity index (χ0v) is 15.6. The van der Waals surface area contributed by atoms with Crippen molar-refractivity contribution in [3.8, 4) is 0 Å². The number of nitrogens with zero attached hydrogens (tertiary/aromatic N) is 2. The van der Waals surface area contributed by atoms with Crippen molar-refractivity contribution >= 4 is 23.2 Å². The molecule has 1 fully saturated rings. The van der Waals surface area contributed by atoms with Gasteiger partial charge in [-0.2, -0.15) is 0 Å². The van der Waals surface area contributed by atoms with Gasteiger partial charge in [0.1, 0.15) is 0 Å². The molecule has 0 saturated carbocycles. The van der Waals surface area contributed by atoms with Gasteiger partial charge in [0.2, 0.25) is 0 Å². The van der Waals surface area contributed by atoms with Crippen molar-refractivity contribution in [3.63, 3.8) is 0 Å². The first-order valence-corrected chi connectivity index (χ1v) is 8.94. The Morgan fingerprint density at radius 1 is 0.923 bits per heavy atom. The summed E-state index contributed by atoms with van der Waals surface area (Å²) in [6.07, 6.45) is 0. The SMILES string of the molecule is CC(=O)c1ccc(N2CCN(C(=O)Nc3cccc(C)c3C)CC2)cc1. The molecular weight excluding hydrogens is 326 g/mol. The lowest BCUT2D eigenvalue weighted by atomic mass is 10.1. The van der Waals surface area contributed by atoms with Crippen LogP contribution in [-0.4, -0.2) is 42.9 Å². The highest BCUT2D eigenvalue weighted by molar-refractivity contribution is 5.94. The average molecular weight is 351 g/mol. The van der Waals surface area contributed by atoms with Crippen LogP contribution in [0.4, 0.5) is 16.2 Å². The number of piperazine rings is 1. The quantitative estimate of drug-likeness (QED) is 0.855. The van der Waals surface area contributed by atoms with Crippen LogP contribution in [0.1, 0.15) is 28.4 Å². The van der Waals surface area contributed by atoms with Crippen LogP contribution in [0.2, 0.25) is 0 Å². The van der Waals surface area contributed by atoms with Gasteiger partial charge in [-0.3, -0.25) is 4.79 Å². The fraction of sp³-hybridized carbons (Fsp3) is 0.333. The Bertz CT molecular complexity index is 807. The van der Waals surface area contributed by atoms with E-state index in [0.29, 0.717) is 13.1 Å². The molecular formula is C21H25N3O2. The van der Waals surface area contributed by atoms with Crippen molar-refractivity contribution in [1.82, 2.24) is 4.90 Å². The Labute approximate surface area is 154 Å². The van der Waals surface area contributed by atoms with E-state index >= 15 is 0 Å². The van der Waals surface area contributed by atoms with E-state index in [1.807, 2.05) is 61.2 Å². The topological polar surface area (TPSA) is 52.7 Å². The van der Waals surface area contributed by atoms with Crippen LogP contribution < -0.4 is 10.2 Å². The molecule has 0 spiro atoms.